The van der Waals surface area contributed by atoms with Crippen LogP contribution in [0.4, 0.5) is 0 Å². The highest BCUT2D eigenvalue weighted by Crippen LogP contribution is 2.21. The molecule has 110 valence electrons. The van der Waals surface area contributed by atoms with Crippen LogP contribution in [0.3, 0.4) is 0 Å². The van der Waals surface area contributed by atoms with Crippen molar-refractivity contribution in [1.29, 1.82) is 0 Å². The van der Waals surface area contributed by atoms with Gasteiger partial charge in [-0.3, -0.25) is 0 Å². The molecule has 0 saturated carbocycles. The van der Waals surface area contributed by atoms with Crippen molar-refractivity contribution in [3.8, 4) is 0 Å². The molecule has 1 rings (SSSR count). The van der Waals surface area contributed by atoms with Gasteiger partial charge in [0.2, 0.25) is 0 Å². The molecule has 0 aromatic rings. The highest BCUT2D eigenvalue weighted by molar-refractivity contribution is 4.92. The van der Waals surface area contributed by atoms with Crippen LogP contribution in [0.15, 0.2) is 24.4 Å². The third-order valence-corrected chi connectivity index (χ3v) is 4.59. The maximum atomic E-state index is 3.54. The molecule has 1 heterocycles. The maximum Gasteiger partial charge on any atom is 0.0230 e. The SMILES string of the molecule is CCC1CCC/C=C\C(C)C(C)C/C=C\NC(C)C1. The first-order chi connectivity index (χ1) is 9.13. The zero-order chi connectivity index (χ0) is 14.1. The van der Waals surface area contributed by atoms with Crippen molar-refractivity contribution in [1.82, 2.24) is 5.32 Å². The highest BCUT2D eigenvalue weighted by atomic mass is 14.9. The van der Waals surface area contributed by atoms with Gasteiger partial charge in [-0.25, -0.2) is 0 Å². The lowest BCUT2D eigenvalue weighted by Crippen LogP contribution is -2.23. The molecular weight excluding hydrogens is 230 g/mol. The average molecular weight is 263 g/mol. The first-order valence-electron chi connectivity index (χ1n) is 8.21. The smallest absolute Gasteiger partial charge is 0.0230 e. The average Bonchev–Trinajstić information content (AvgIpc) is 2.40. The molecule has 1 nitrogen and oxygen atoms in total. The van der Waals surface area contributed by atoms with Crippen molar-refractivity contribution in [2.75, 3.05) is 0 Å². The Hall–Kier alpha value is -0.720. The van der Waals surface area contributed by atoms with Gasteiger partial charge in [-0.05, 0) is 56.6 Å². The standard InChI is InChI=1S/C18H33N/c1-5-18-12-8-6-7-10-15(2)16(3)11-9-13-19-17(4)14-18/h7,9-10,13,15-19H,5-6,8,11-12,14H2,1-4H3/b10-7-,13-9-. The summed E-state index contributed by atoms with van der Waals surface area (Å²) in [4.78, 5) is 0. The minimum Gasteiger partial charge on any atom is -0.389 e. The van der Waals surface area contributed by atoms with Gasteiger partial charge in [0, 0.05) is 6.04 Å². The van der Waals surface area contributed by atoms with Crippen molar-refractivity contribution >= 4 is 0 Å². The van der Waals surface area contributed by atoms with Gasteiger partial charge in [0.05, 0.1) is 0 Å². The van der Waals surface area contributed by atoms with Gasteiger partial charge in [-0.15, -0.1) is 0 Å². The Morgan fingerprint density at radius 1 is 1.16 bits per heavy atom. The molecule has 0 aliphatic carbocycles. The van der Waals surface area contributed by atoms with Gasteiger partial charge < -0.3 is 5.32 Å². The van der Waals surface area contributed by atoms with Gasteiger partial charge in [0.1, 0.15) is 0 Å². The molecule has 4 atom stereocenters. The molecule has 1 aliphatic rings. The van der Waals surface area contributed by atoms with E-state index < -0.39 is 0 Å². The fourth-order valence-corrected chi connectivity index (χ4v) is 2.81. The Bertz CT molecular complexity index is 279. The molecule has 19 heavy (non-hydrogen) atoms. The Balaban J connectivity index is 2.58. The van der Waals surface area contributed by atoms with E-state index in [0.717, 1.165) is 11.8 Å². The van der Waals surface area contributed by atoms with Crippen LogP contribution in [0.1, 0.15) is 66.2 Å². The van der Waals surface area contributed by atoms with Gasteiger partial charge >= 0.3 is 0 Å². The third-order valence-electron chi connectivity index (χ3n) is 4.59. The summed E-state index contributed by atoms with van der Waals surface area (Å²) in [5.74, 6) is 2.30. The van der Waals surface area contributed by atoms with Crippen molar-refractivity contribution in [2.24, 2.45) is 17.8 Å². The van der Waals surface area contributed by atoms with E-state index in [9.17, 15) is 0 Å². The summed E-state index contributed by atoms with van der Waals surface area (Å²) >= 11 is 0. The van der Waals surface area contributed by atoms with Crippen LogP contribution in [-0.2, 0) is 0 Å². The molecule has 1 aliphatic heterocycles. The molecule has 0 saturated heterocycles. The first-order valence-corrected chi connectivity index (χ1v) is 8.21. The number of nitrogens with one attached hydrogen (secondary N) is 1. The predicted octanol–water partition coefficient (Wildman–Crippen LogP) is 5.30. The Labute approximate surface area is 120 Å². The zero-order valence-corrected chi connectivity index (χ0v) is 13.4. The van der Waals surface area contributed by atoms with Crippen LogP contribution in [0.2, 0.25) is 0 Å². The largest absolute Gasteiger partial charge is 0.389 e. The van der Waals surface area contributed by atoms with Crippen LogP contribution in [-0.4, -0.2) is 6.04 Å². The summed E-state index contributed by atoms with van der Waals surface area (Å²) in [5, 5.41) is 3.54. The molecule has 0 radical (unpaired) electrons. The van der Waals surface area contributed by atoms with E-state index in [2.05, 4.69) is 57.4 Å². The lowest BCUT2D eigenvalue weighted by Gasteiger charge is -2.21. The quantitative estimate of drug-likeness (QED) is 0.633. The third kappa shape index (κ3) is 6.84. The molecule has 0 bridgehead atoms. The first kappa shape index (κ1) is 16.3. The normalized spacial score (nSPS) is 37.9. The molecule has 1 heteroatoms. The summed E-state index contributed by atoms with van der Waals surface area (Å²) in [6.07, 6.45) is 17.1. The Morgan fingerprint density at radius 2 is 1.95 bits per heavy atom. The monoisotopic (exact) mass is 263 g/mol. The van der Waals surface area contributed by atoms with Crippen molar-refractivity contribution in [2.45, 2.75) is 72.3 Å². The van der Waals surface area contributed by atoms with Gasteiger partial charge in [0.25, 0.3) is 0 Å². The molecule has 4 unspecified atom stereocenters. The van der Waals surface area contributed by atoms with E-state index in [4.69, 9.17) is 0 Å². The molecule has 1 N–H and O–H groups in total. The van der Waals surface area contributed by atoms with Crippen molar-refractivity contribution in [3.63, 3.8) is 0 Å². The fraction of sp³-hybridized carbons (Fsp3) is 0.778. The number of rotatable bonds is 1. The van der Waals surface area contributed by atoms with Crippen molar-refractivity contribution < 1.29 is 0 Å². The van der Waals surface area contributed by atoms with Crippen molar-refractivity contribution in [3.05, 3.63) is 24.4 Å². The second kappa shape index (κ2) is 9.23. The van der Waals surface area contributed by atoms with Crippen LogP contribution in [0.5, 0.6) is 0 Å². The van der Waals surface area contributed by atoms with Crippen LogP contribution in [0.25, 0.3) is 0 Å². The van der Waals surface area contributed by atoms with Gasteiger partial charge in [0.15, 0.2) is 0 Å². The molecular formula is C18H33N. The highest BCUT2D eigenvalue weighted by Gasteiger charge is 2.11. The second-order valence-corrected chi connectivity index (χ2v) is 6.41. The van der Waals surface area contributed by atoms with Crippen LogP contribution >= 0.6 is 0 Å². The minimum atomic E-state index is 0.604. The van der Waals surface area contributed by atoms with Crippen LogP contribution < -0.4 is 5.32 Å². The number of hydrogen-bond acceptors (Lipinski definition) is 1. The number of allylic oxidation sites excluding steroid dienone is 3. The second-order valence-electron chi connectivity index (χ2n) is 6.41. The van der Waals surface area contributed by atoms with E-state index in [1.165, 1.54) is 38.5 Å². The fourth-order valence-electron chi connectivity index (χ4n) is 2.81. The maximum absolute atomic E-state index is 3.54. The molecule has 0 aromatic heterocycles. The molecule has 0 aromatic carbocycles. The Kier molecular flexibility index (Phi) is 7.93. The predicted molar refractivity (Wildman–Crippen MR) is 86.1 cm³/mol. The van der Waals surface area contributed by atoms with Gasteiger partial charge in [-0.1, -0.05) is 51.8 Å². The van der Waals surface area contributed by atoms with Gasteiger partial charge in [-0.2, -0.15) is 0 Å². The van der Waals surface area contributed by atoms with E-state index in [1.807, 2.05) is 0 Å². The summed E-state index contributed by atoms with van der Waals surface area (Å²) in [6.45, 7) is 9.33. The summed E-state index contributed by atoms with van der Waals surface area (Å²) in [6, 6.07) is 0.604. The van der Waals surface area contributed by atoms with E-state index >= 15 is 0 Å². The molecule has 0 spiro atoms. The Morgan fingerprint density at radius 3 is 2.68 bits per heavy atom. The van der Waals surface area contributed by atoms with E-state index in [1.54, 1.807) is 0 Å². The molecule has 0 amide bonds. The topological polar surface area (TPSA) is 12.0 Å². The van der Waals surface area contributed by atoms with E-state index in [0.29, 0.717) is 12.0 Å². The lowest BCUT2D eigenvalue weighted by atomic mass is 9.90. The zero-order valence-electron chi connectivity index (χ0n) is 13.4. The summed E-state index contributed by atoms with van der Waals surface area (Å²) < 4.78 is 0. The summed E-state index contributed by atoms with van der Waals surface area (Å²) in [7, 11) is 0. The summed E-state index contributed by atoms with van der Waals surface area (Å²) in [5.41, 5.74) is 0. The van der Waals surface area contributed by atoms with E-state index in [-0.39, 0.29) is 0 Å². The molecule has 0 fully saturated rings. The van der Waals surface area contributed by atoms with Crippen LogP contribution in [0, 0.1) is 17.8 Å². The number of hydrogen-bond donors (Lipinski definition) is 1. The minimum absolute atomic E-state index is 0.604. The lowest BCUT2D eigenvalue weighted by molar-refractivity contribution is 0.378.